The number of nitrogens with zero attached hydrogens (tertiary/aromatic N) is 3. The number of rotatable bonds is 18. The van der Waals surface area contributed by atoms with E-state index >= 15 is 0 Å². The maximum Gasteiger partial charge on any atom is 0.296 e. The first-order valence-electron chi connectivity index (χ1n) is 22.2. The van der Waals surface area contributed by atoms with E-state index in [0.29, 0.717) is 57.1 Å². The standard InChI is InChI=1S/C27H24N2O6S2.C24H27N3O3S/c1-19-10-13-22(14-11-19)37(32,33)35-17-5-16-34-21-12-15-25-24(18-21)27(29-28-25)36(30,31)26-9-4-7-20-6-2-3-8-23(20)26;1-3-27(4-2)15-8-16-30-19-13-14-22-21(17-19)24(26-25-22)31(28,29)23-12-7-10-18-9-5-6-11-20(18)23/h2-4,6-15,18H,5,16-17H2,1H3,(H,28,29);5-7,9-14,17H,3-4,8,15-16H2,1-2H3,(H,25,26). The lowest BCUT2D eigenvalue weighted by Gasteiger charge is -2.17. The van der Waals surface area contributed by atoms with E-state index in [1.165, 1.54) is 12.1 Å². The summed E-state index contributed by atoms with van der Waals surface area (Å²) in [5.41, 5.74) is 2.03. The van der Waals surface area contributed by atoms with Crippen LogP contribution in [-0.4, -0.2) is 90.0 Å². The van der Waals surface area contributed by atoms with Gasteiger partial charge in [-0.05, 0) is 97.9 Å². The highest BCUT2D eigenvalue weighted by molar-refractivity contribution is 7.92. The molecule has 0 saturated carbocycles. The van der Waals surface area contributed by atoms with Gasteiger partial charge in [-0.3, -0.25) is 14.4 Å². The van der Waals surface area contributed by atoms with E-state index in [1.807, 2.05) is 61.5 Å². The molecule has 2 heterocycles. The quantitative estimate of drug-likeness (QED) is 0.0612. The number of aromatic nitrogens is 4. The normalized spacial score (nSPS) is 12.2. The van der Waals surface area contributed by atoms with Crippen LogP contribution in [0.2, 0.25) is 0 Å². The van der Waals surface area contributed by atoms with Crippen LogP contribution in [0, 0.1) is 6.92 Å². The lowest BCUT2D eigenvalue weighted by atomic mass is 10.1. The summed E-state index contributed by atoms with van der Waals surface area (Å²) in [4.78, 5) is 2.90. The Morgan fingerprint density at radius 1 is 0.515 bits per heavy atom. The number of ether oxygens (including phenoxy) is 2. The molecule has 0 saturated heterocycles. The number of nitrogens with one attached hydrogen (secondary N) is 2. The van der Waals surface area contributed by atoms with Gasteiger partial charge < -0.3 is 14.4 Å². The molecular formula is C51H51N5O9S3. The molecule has 2 aromatic heterocycles. The average molecular weight is 974 g/mol. The highest BCUT2D eigenvalue weighted by Crippen LogP contribution is 2.34. The third kappa shape index (κ3) is 10.4. The number of sulfone groups is 2. The molecule has 0 aliphatic rings. The Morgan fingerprint density at radius 2 is 0.985 bits per heavy atom. The lowest BCUT2D eigenvalue weighted by molar-refractivity contribution is 0.249. The minimum Gasteiger partial charge on any atom is -0.494 e. The van der Waals surface area contributed by atoms with Crippen molar-refractivity contribution in [2.45, 2.75) is 58.4 Å². The van der Waals surface area contributed by atoms with Crippen LogP contribution in [0.1, 0.15) is 32.3 Å². The number of aryl methyl sites for hydroxylation is 1. The summed E-state index contributed by atoms with van der Waals surface area (Å²) in [6.07, 6.45) is 1.22. The summed E-state index contributed by atoms with van der Waals surface area (Å²) in [6.45, 7) is 9.89. The molecule has 2 N–H and O–H groups in total. The summed E-state index contributed by atoms with van der Waals surface area (Å²) in [5.74, 6) is 1.08. The average Bonchev–Trinajstić information content (AvgIpc) is 3.99. The van der Waals surface area contributed by atoms with Crippen LogP contribution in [0.25, 0.3) is 43.4 Å². The van der Waals surface area contributed by atoms with Crippen LogP contribution >= 0.6 is 0 Å². The molecule has 352 valence electrons. The molecule has 0 fully saturated rings. The molecule has 0 aliphatic heterocycles. The highest BCUT2D eigenvalue weighted by Gasteiger charge is 2.27. The number of fused-ring (bicyclic) bond motifs is 4. The Bertz CT molecular complexity index is 3540. The molecule has 68 heavy (non-hydrogen) atoms. The molecule has 0 radical (unpaired) electrons. The number of aromatic amines is 2. The molecule has 9 rings (SSSR count). The number of hydrogen-bond donors (Lipinski definition) is 2. The summed E-state index contributed by atoms with van der Waals surface area (Å²) in [7, 11) is -11.5. The van der Waals surface area contributed by atoms with Gasteiger partial charge >= 0.3 is 0 Å². The molecule has 14 nitrogen and oxygen atoms in total. The van der Waals surface area contributed by atoms with Gasteiger partial charge in [0.05, 0.1) is 45.5 Å². The number of benzene rings is 7. The van der Waals surface area contributed by atoms with Crippen LogP contribution in [0.5, 0.6) is 11.5 Å². The topological polar surface area (TPSA) is 191 Å². The van der Waals surface area contributed by atoms with E-state index in [-0.39, 0.29) is 38.0 Å². The molecule has 7 aromatic carbocycles. The van der Waals surface area contributed by atoms with Gasteiger partial charge in [-0.25, -0.2) is 16.8 Å². The van der Waals surface area contributed by atoms with Gasteiger partial charge in [-0.2, -0.15) is 18.6 Å². The Kier molecular flexibility index (Phi) is 14.6. The van der Waals surface area contributed by atoms with Gasteiger partial charge in [0, 0.05) is 34.5 Å². The van der Waals surface area contributed by atoms with Gasteiger partial charge in [0.1, 0.15) is 11.5 Å². The smallest absolute Gasteiger partial charge is 0.296 e. The van der Waals surface area contributed by atoms with Gasteiger partial charge in [-0.1, -0.05) is 104 Å². The molecule has 0 unspecified atom stereocenters. The van der Waals surface area contributed by atoms with Crippen molar-refractivity contribution in [2.24, 2.45) is 0 Å². The SMILES string of the molecule is CCN(CC)CCCOc1ccc2n[nH]c(S(=O)(=O)c3cccc4ccccc34)c2c1.Cc1ccc(S(=O)(=O)OCCCOc2ccc3n[nH]c(S(=O)(=O)c4cccc5ccccc45)c3c2)cc1. The second-order valence-electron chi connectivity index (χ2n) is 15.9. The molecule has 0 spiro atoms. The van der Waals surface area contributed by atoms with Crippen LogP contribution < -0.4 is 9.47 Å². The molecule has 0 atom stereocenters. The van der Waals surface area contributed by atoms with Crippen molar-refractivity contribution in [3.63, 3.8) is 0 Å². The second kappa shape index (κ2) is 20.7. The minimum absolute atomic E-state index is 0.0168. The zero-order valence-corrected chi connectivity index (χ0v) is 40.2. The van der Waals surface area contributed by atoms with Gasteiger partial charge in [0.25, 0.3) is 10.1 Å². The largest absolute Gasteiger partial charge is 0.494 e. The number of hydrogen-bond acceptors (Lipinski definition) is 12. The van der Waals surface area contributed by atoms with Gasteiger partial charge in [0.15, 0.2) is 10.1 Å². The third-order valence-electron chi connectivity index (χ3n) is 11.5. The Hall–Kier alpha value is -6.63. The molecule has 9 aromatic rings. The van der Waals surface area contributed by atoms with Crippen LogP contribution in [0.15, 0.2) is 170 Å². The van der Waals surface area contributed by atoms with Crippen molar-refractivity contribution >= 4 is 73.1 Å². The lowest BCUT2D eigenvalue weighted by Crippen LogP contribution is -2.25. The first kappa shape index (κ1) is 47.8. The Balaban J connectivity index is 0.000000187. The second-order valence-corrected chi connectivity index (χ2v) is 21.3. The van der Waals surface area contributed by atoms with Crippen molar-refractivity contribution in [3.8, 4) is 11.5 Å². The zero-order valence-electron chi connectivity index (χ0n) is 37.8. The van der Waals surface area contributed by atoms with E-state index < -0.39 is 29.8 Å². The monoisotopic (exact) mass is 973 g/mol. The van der Waals surface area contributed by atoms with E-state index in [9.17, 15) is 25.3 Å². The fourth-order valence-corrected chi connectivity index (χ4v) is 11.9. The molecule has 17 heteroatoms. The predicted octanol–water partition coefficient (Wildman–Crippen LogP) is 9.69. The van der Waals surface area contributed by atoms with Crippen molar-refractivity contribution in [1.82, 2.24) is 25.3 Å². The van der Waals surface area contributed by atoms with Gasteiger partial charge in [-0.15, -0.1) is 0 Å². The predicted molar refractivity (Wildman–Crippen MR) is 263 cm³/mol. The van der Waals surface area contributed by atoms with Crippen LogP contribution in [0.3, 0.4) is 0 Å². The van der Waals surface area contributed by atoms with E-state index in [1.54, 1.807) is 78.9 Å². The van der Waals surface area contributed by atoms with Crippen molar-refractivity contribution in [2.75, 3.05) is 39.5 Å². The fourth-order valence-electron chi connectivity index (χ4n) is 7.81. The molecule has 0 bridgehead atoms. The summed E-state index contributed by atoms with van der Waals surface area (Å²) in [6, 6.07) is 42.0. The maximum atomic E-state index is 13.6. The minimum atomic E-state index is -3.90. The van der Waals surface area contributed by atoms with E-state index in [4.69, 9.17) is 13.7 Å². The van der Waals surface area contributed by atoms with Crippen LogP contribution in [-0.2, 0) is 34.0 Å². The Morgan fingerprint density at radius 3 is 1.49 bits per heavy atom. The third-order valence-corrected chi connectivity index (χ3v) is 16.4. The molecule has 0 amide bonds. The molecular weight excluding hydrogens is 923 g/mol. The first-order chi connectivity index (χ1) is 32.8. The zero-order chi connectivity index (χ0) is 47.9. The highest BCUT2D eigenvalue weighted by atomic mass is 32.2. The van der Waals surface area contributed by atoms with Gasteiger partial charge in [0.2, 0.25) is 19.7 Å². The summed E-state index contributed by atoms with van der Waals surface area (Å²) >= 11 is 0. The Labute approximate surface area is 395 Å². The van der Waals surface area contributed by atoms with Crippen molar-refractivity contribution in [3.05, 3.63) is 151 Å². The summed E-state index contributed by atoms with van der Waals surface area (Å²) in [5, 5.41) is 17.8. The van der Waals surface area contributed by atoms with Crippen molar-refractivity contribution < 1.29 is 38.9 Å². The van der Waals surface area contributed by atoms with Crippen molar-refractivity contribution in [1.29, 1.82) is 0 Å². The molecule has 0 aliphatic carbocycles. The van der Waals surface area contributed by atoms with E-state index in [0.717, 1.165) is 42.4 Å². The first-order valence-corrected chi connectivity index (χ1v) is 26.5. The maximum absolute atomic E-state index is 13.6. The van der Waals surface area contributed by atoms with E-state index in [2.05, 4.69) is 39.1 Å². The fraction of sp³-hybridized carbons (Fsp3) is 0.216. The number of H-pyrrole nitrogens is 2. The van der Waals surface area contributed by atoms with Crippen LogP contribution in [0.4, 0.5) is 0 Å². The summed E-state index contributed by atoms with van der Waals surface area (Å²) < 4.78 is 95.5.